The van der Waals surface area contributed by atoms with Gasteiger partial charge < -0.3 is 15.2 Å². The van der Waals surface area contributed by atoms with Crippen molar-refractivity contribution in [2.24, 2.45) is 0 Å². The lowest BCUT2D eigenvalue weighted by molar-refractivity contribution is -0.117. The minimum atomic E-state index is -0.120. The van der Waals surface area contributed by atoms with Gasteiger partial charge in [-0.2, -0.15) is 0 Å². The predicted octanol–water partition coefficient (Wildman–Crippen LogP) is 0.708. The summed E-state index contributed by atoms with van der Waals surface area (Å²) in [6.07, 6.45) is 0.332. The Balaban J connectivity index is 1.71. The largest absolute Gasteiger partial charge is 0.394 e. The van der Waals surface area contributed by atoms with Crippen LogP contribution >= 0.6 is 0 Å². The molecule has 1 aromatic rings. The van der Waals surface area contributed by atoms with Crippen LogP contribution in [0, 0.1) is 0 Å². The SMILES string of the molecule is O=C(CCN1CCOC(CO)C1)Nc1ccccc1. The third-order valence-corrected chi connectivity index (χ3v) is 3.14. The van der Waals surface area contributed by atoms with Crippen LogP contribution in [0.25, 0.3) is 0 Å². The van der Waals surface area contributed by atoms with Gasteiger partial charge >= 0.3 is 0 Å². The van der Waals surface area contributed by atoms with Crippen LogP contribution in [0.4, 0.5) is 5.69 Å². The first-order valence-corrected chi connectivity index (χ1v) is 6.57. The number of rotatable bonds is 5. The van der Waals surface area contributed by atoms with E-state index in [0.29, 0.717) is 26.1 Å². The second-order valence-electron chi connectivity index (χ2n) is 4.64. The molecule has 0 aliphatic carbocycles. The molecule has 2 N–H and O–H groups in total. The Morgan fingerprint density at radius 3 is 2.95 bits per heavy atom. The molecular weight excluding hydrogens is 244 g/mol. The highest BCUT2D eigenvalue weighted by Gasteiger charge is 2.19. The van der Waals surface area contributed by atoms with Crippen molar-refractivity contribution in [1.82, 2.24) is 4.90 Å². The number of morpholine rings is 1. The Hall–Kier alpha value is -1.43. The molecule has 19 heavy (non-hydrogen) atoms. The Labute approximate surface area is 113 Å². The van der Waals surface area contributed by atoms with E-state index in [4.69, 9.17) is 9.84 Å². The van der Waals surface area contributed by atoms with Crippen molar-refractivity contribution in [2.45, 2.75) is 12.5 Å². The number of amides is 1. The van der Waals surface area contributed by atoms with Crippen LogP contribution in [0.15, 0.2) is 30.3 Å². The monoisotopic (exact) mass is 264 g/mol. The van der Waals surface area contributed by atoms with Gasteiger partial charge in [-0.3, -0.25) is 9.69 Å². The maximum atomic E-state index is 11.8. The first-order valence-electron chi connectivity index (χ1n) is 6.57. The van der Waals surface area contributed by atoms with E-state index in [2.05, 4.69) is 10.2 Å². The second kappa shape index (κ2) is 7.23. The lowest BCUT2D eigenvalue weighted by atomic mass is 10.2. The van der Waals surface area contributed by atoms with Crippen LogP contribution in [-0.4, -0.2) is 54.9 Å². The van der Waals surface area contributed by atoms with Gasteiger partial charge in [0.1, 0.15) is 0 Å². The molecule has 104 valence electrons. The van der Waals surface area contributed by atoms with Gasteiger partial charge in [0.15, 0.2) is 0 Å². The zero-order valence-corrected chi connectivity index (χ0v) is 10.9. The molecule has 5 heteroatoms. The third-order valence-electron chi connectivity index (χ3n) is 3.14. The molecule has 1 saturated heterocycles. The van der Waals surface area contributed by atoms with E-state index < -0.39 is 0 Å². The highest BCUT2D eigenvalue weighted by molar-refractivity contribution is 5.90. The van der Waals surface area contributed by atoms with Crippen molar-refractivity contribution in [1.29, 1.82) is 0 Å². The summed E-state index contributed by atoms with van der Waals surface area (Å²) in [7, 11) is 0. The fraction of sp³-hybridized carbons (Fsp3) is 0.500. The Morgan fingerprint density at radius 2 is 2.21 bits per heavy atom. The highest BCUT2D eigenvalue weighted by Crippen LogP contribution is 2.08. The van der Waals surface area contributed by atoms with Crippen molar-refractivity contribution in [2.75, 3.05) is 38.2 Å². The summed E-state index contributed by atoms with van der Waals surface area (Å²) in [5.74, 6) is 0.0123. The molecule has 5 nitrogen and oxygen atoms in total. The van der Waals surface area contributed by atoms with E-state index in [9.17, 15) is 4.79 Å². The summed E-state index contributed by atoms with van der Waals surface area (Å²) < 4.78 is 5.37. The number of carbonyl (C=O) groups excluding carboxylic acids is 1. The van der Waals surface area contributed by atoms with Gasteiger partial charge in [0, 0.05) is 31.7 Å². The molecule has 1 heterocycles. The van der Waals surface area contributed by atoms with E-state index in [0.717, 1.165) is 12.2 Å². The second-order valence-corrected chi connectivity index (χ2v) is 4.64. The molecular formula is C14H20N2O3. The number of nitrogens with one attached hydrogen (secondary N) is 1. The summed E-state index contributed by atoms with van der Waals surface area (Å²) in [5.41, 5.74) is 0.822. The molecule has 1 unspecified atom stereocenters. The van der Waals surface area contributed by atoms with Gasteiger partial charge in [0.2, 0.25) is 5.91 Å². The summed E-state index contributed by atoms with van der Waals surface area (Å²) in [6.45, 7) is 2.85. The summed E-state index contributed by atoms with van der Waals surface area (Å²) >= 11 is 0. The molecule has 1 aliphatic rings. The van der Waals surface area contributed by atoms with Gasteiger partial charge in [-0.15, -0.1) is 0 Å². The fourth-order valence-corrected chi connectivity index (χ4v) is 2.10. The van der Waals surface area contributed by atoms with Crippen LogP contribution in [0.5, 0.6) is 0 Å². The Kier molecular flexibility index (Phi) is 5.32. The summed E-state index contributed by atoms with van der Waals surface area (Å²) in [4.78, 5) is 13.9. The highest BCUT2D eigenvalue weighted by atomic mass is 16.5. The lowest BCUT2D eigenvalue weighted by Gasteiger charge is -2.31. The van der Waals surface area contributed by atoms with E-state index in [1.54, 1.807) is 0 Å². The molecule has 2 rings (SSSR count). The van der Waals surface area contributed by atoms with Gasteiger partial charge in [-0.05, 0) is 12.1 Å². The summed E-state index contributed by atoms with van der Waals surface area (Å²) in [5, 5.41) is 11.9. The molecule has 1 amide bonds. The van der Waals surface area contributed by atoms with Crippen molar-refractivity contribution < 1.29 is 14.6 Å². The fourth-order valence-electron chi connectivity index (χ4n) is 2.10. The topological polar surface area (TPSA) is 61.8 Å². The molecule has 0 aromatic heterocycles. The Morgan fingerprint density at radius 1 is 1.42 bits per heavy atom. The molecule has 0 radical (unpaired) electrons. The van der Waals surface area contributed by atoms with Crippen molar-refractivity contribution in [3.63, 3.8) is 0 Å². The van der Waals surface area contributed by atoms with Crippen molar-refractivity contribution in [3.05, 3.63) is 30.3 Å². The molecule has 0 spiro atoms. The molecule has 0 bridgehead atoms. The minimum Gasteiger partial charge on any atom is -0.394 e. The molecule has 1 fully saturated rings. The molecule has 1 aromatic carbocycles. The quantitative estimate of drug-likeness (QED) is 0.822. The van der Waals surface area contributed by atoms with Crippen LogP contribution < -0.4 is 5.32 Å². The van der Waals surface area contributed by atoms with E-state index >= 15 is 0 Å². The van der Waals surface area contributed by atoms with Crippen molar-refractivity contribution in [3.8, 4) is 0 Å². The number of carbonyl (C=O) groups is 1. The lowest BCUT2D eigenvalue weighted by Crippen LogP contribution is -2.44. The van der Waals surface area contributed by atoms with Gasteiger partial charge in [0.05, 0.1) is 19.3 Å². The van der Waals surface area contributed by atoms with E-state index in [1.807, 2.05) is 30.3 Å². The number of para-hydroxylation sites is 1. The number of ether oxygens (including phenoxy) is 1. The number of aliphatic hydroxyl groups is 1. The average molecular weight is 264 g/mol. The Bertz CT molecular complexity index is 397. The van der Waals surface area contributed by atoms with Gasteiger partial charge in [0.25, 0.3) is 0 Å². The van der Waals surface area contributed by atoms with Crippen LogP contribution in [0.1, 0.15) is 6.42 Å². The average Bonchev–Trinajstić information content (AvgIpc) is 2.46. The van der Waals surface area contributed by atoms with Gasteiger partial charge in [-0.25, -0.2) is 0 Å². The van der Waals surface area contributed by atoms with Crippen LogP contribution in [-0.2, 0) is 9.53 Å². The van der Waals surface area contributed by atoms with Crippen LogP contribution in [0.2, 0.25) is 0 Å². The van der Waals surface area contributed by atoms with E-state index in [1.165, 1.54) is 0 Å². The summed E-state index contributed by atoms with van der Waals surface area (Å²) in [6, 6.07) is 9.44. The number of hydrogen-bond acceptors (Lipinski definition) is 4. The number of nitrogens with zero attached hydrogens (tertiary/aromatic N) is 1. The maximum absolute atomic E-state index is 11.8. The third kappa shape index (κ3) is 4.63. The zero-order chi connectivity index (χ0) is 13.5. The number of aliphatic hydroxyl groups excluding tert-OH is 1. The molecule has 1 atom stereocenters. The normalized spacial score (nSPS) is 20.2. The number of benzene rings is 1. The maximum Gasteiger partial charge on any atom is 0.225 e. The number of anilines is 1. The smallest absolute Gasteiger partial charge is 0.225 e. The number of hydrogen-bond donors (Lipinski definition) is 2. The van der Waals surface area contributed by atoms with Crippen molar-refractivity contribution >= 4 is 11.6 Å². The van der Waals surface area contributed by atoms with Gasteiger partial charge in [-0.1, -0.05) is 18.2 Å². The van der Waals surface area contributed by atoms with E-state index in [-0.39, 0.29) is 18.6 Å². The molecule has 1 aliphatic heterocycles. The first-order chi connectivity index (χ1) is 9.28. The first kappa shape index (κ1) is 14.0. The van der Waals surface area contributed by atoms with Crippen LogP contribution in [0.3, 0.4) is 0 Å². The standard InChI is InChI=1S/C14H20N2O3/c17-11-13-10-16(8-9-19-13)7-6-14(18)15-12-4-2-1-3-5-12/h1-5,13,17H,6-11H2,(H,15,18). The predicted molar refractivity (Wildman–Crippen MR) is 73.0 cm³/mol. The minimum absolute atomic E-state index is 0.0123. The molecule has 0 saturated carbocycles. The zero-order valence-electron chi connectivity index (χ0n) is 10.9.